The van der Waals surface area contributed by atoms with Crippen molar-refractivity contribution in [2.24, 2.45) is 0 Å². The van der Waals surface area contributed by atoms with Crippen LogP contribution < -0.4 is 20.3 Å². The number of pyridine rings is 1. The van der Waals surface area contributed by atoms with Gasteiger partial charge in [-0.3, -0.25) is 9.48 Å². The van der Waals surface area contributed by atoms with Crippen molar-refractivity contribution in [1.82, 2.24) is 24.7 Å². The van der Waals surface area contributed by atoms with E-state index in [9.17, 15) is 18.0 Å². The van der Waals surface area contributed by atoms with Crippen molar-refractivity contribution < 1.29 is 22.7 Å². The molecule has 3 aromatic rings. The minimum atomic E-state index is -4.78. The van der Waals surface area contributed by atoms with E-state index in [0.717, 1.165) is 11.6 Å². The van der Waals surface area contributed by atoms with Crippen molar-refractivity contribution in [1.29, 1.82) is 0 Å². The minimum Gasteiger partial charge on any atom is -0.388 e. The van der Waals surface area contributed by atoms with Crippen LogP contribution in [0.15, 0.2) is 30.7 Å². The van der Waals surface area contributed by atoms with Gasteiger partial charge in [-0.25, -0.2) is 9.97 Å². The maximum Gasteiger partial charge on any atom is 0.574 e. The number of aryl methyl sites for hydroxylation is 1. The Morgan fingerprint density at radius 3 is 2.57 bits per heavy atom. The molecule has 0 bridgehead atoms. The van der Waals surface area contributed by atoms with E-state index in [2.05, 4.69) is 49.3 Å². The summed E-state index contributed by atoms with van der Waals surface area (Å²) in [5.74, 6) is 0.428. The quantitative estimate of drug-likeness (QED) is 0.536. The number of rotatable bonds is 6. The Morgan fingerprint density at radius 1 is 1.17 bits per heavy atom. The van der Waals surface area contributed by atoms with E-state index >= 15 is 0 Å². The van der Waals surface area contributed by atoms with Gasteiger partial charge in [-0.1, -0.05) is 26.3 Å². The molecule has 0 atom stereocenters. The summed E-state index contributed by atoms with van der Waals surface area (Å²) in [7, 11) is 1.79. The third-order valence-electron chi connectivity index (χ3n) is 4.58. The zero-order valence-electron chi connectivity index (χ0n) is 19.8. The molecule has 13 heteroatoms. The number of aromatic nitrogens is 5. The number of likely N-dealkylation sites (N-methyl/N-ethyl adjacent to an activating group) is 1. The lowest BCUT2D eigenvalue weighted by Crippen LogP contribution is -2.36. The van der Waals surface area contributed by atoms with Crippen molar-refractivity contribution in [3.05, 3.63) is 47.5 Å². The third-order valence-corrected chi connectivity index (χ3v) is 4.58. The van der Waals surface area contributed by atoms with E-state index < -0.39 is 12.2 Å². The van der Waals surface area contributed by atoms with E-state index in [1.165, 1.54) is 18.7 Å². The van der Waals surface area contributed by atoms with Gasteiger partial charge >= 0.3 is 6.36 Å². The number of amides is 1. The van der Waals surface area contributed by atoms with Gasteiger partial charge < -0.3 is 20.3 Å². The molecule has 0 spiro atoms. The molecule has 4 heterocycles. The van der Waals surface area contributed by atoms with Crippen molar-refractivity contribution >= 4 is 23.4 Å². The molecule has 1 amide bonds. The fraction of sp³-hybridized carbons (Fsp3) is 0.409. The molecule has 0 radical (unpaired) electrons. The average molecular weight is 493 g/mol. The maximum atomic E-state index is 12.2. The minimum absolute atomic E-state index is 0.113. The third kappa shape index (κ3) is 7.29. The van der Waals surface area contributed by atoms with Crippen molar-refractivity contribution in [2.45, 2.75) is 46.6 Å². The Balaban J connectivity index is 0.00000108. The summed E-state index contributed by atoms with van der Waals surface area (Å²) >= 11 is 0. The van der Waals surface area contributed by atoms with Gasteiger partial charge in [-0.2, -0.15) is 10.1 Å². The van der Waals surface area contributed by atoms with Gasteiger partial charge in [-0.05, 0) is 12.5 Å². The number of hydrogen-bond donors (Lipinski definition) is 2. The van der Waals surface area contributed by atoms with Crippen LogP contribution in [0.1, 0.15) is 37.1 Å². The van der Waals surface area contributed by atoms with E-state index in [4.69, 9.17) is 0 Å². The van der Waals surface area contributed by atoms with Gasteiger partial charge in [0.15, 0.2) is 5.82 Å². The van der Waals surface area contributed by atoms with Gasteiger partial charge in [0.1, 0.15) is 5.69 Å². The Morgan fingerprint density at radius 2 is 1.91 bits per heavy atom. The number of nitrogens with one attached hydrogen (secondary N) is 2. The van der Waals surface area contributed by atoms with Gasteiger partial charge in [-0.15, -0.1) is 13.2 Å². The van der Waals surface area contributed by atoms with Gasteiger partial charge in [0.05, 0.1) is 25.0 Å². The molecule has 4 rings (SSSR count). The fourth-order valence-electron chi connectivity index (χ4n) is 3.16. The van der Waals surface area contributed by atoms with Crippen LogP contribution in [0.5, 0.6) is 5.88 Å². The molecular weight excluding hydrogens is 465 g/mol. The molecule has 0 saturated carbocycles. The molecule has 0 unspecified atom stereocenters. The number of ether oxygens (including phenoxy) is 1. The van der Waals surface area contributed by atoms with Crippen molar-refractivity contribution in [3.8, 4) is 5.88 Å². The molecule has 10 nitrogen and oxygen atoms in total. The Kier molecular flexibility index (Phi) is 8.10. The predicted molar refractivity (Wildman–Crippen MR) is 124 cm³/mol. The van der Waals surface area contributed by atoms with E-state index in [1.54, 1.807) is 35.9 Å². The van der Waals surface area contributed by atoms with Crippen molar-refractivity contribution in [3.63, 3.8) is 0 Å². The smallest absolute Gasteiger partial charge is 0.388 e. The SMILES string of the molecule is CCC.Cc1nc(NCc2cnn(Cc3ccc(OC(F)(F)F)nc3)c2)nc2c1NC(=O)CN2C. The summed E-state index contributed by atoms with van der Waals surface area (Å²) < 4.78 is 42.1. The van der Waals surface area contributed by atoms with Crippen LogP contribution in [0, 0.1) is 6.92 Å². The Hall–Kier alpha value is -3.90. The monoisotopic (exact) mass is 492 g/mol. The highest BCUT2D eigenvalue weighted by atomic mass is 19.4. The number of nitrogens with zero attached hydrogens (tertiary/aromatic N) is 6. The first-order valence-electron chi connectivity index (χ1n) is 10.9. The summed E-state index contributed by atoms with van der Waals surface area (Å²) in [6.45, 7) is 7.00. The Bertz CT molecular complexity index is 1150. The molecule has 35 heavy (non-hydrogen) atoms. The topological polar surface area (TPSA) is 110 Å². The lowest BCUT2D eigenvalue weighted by atomic mass is 10.2. The molecule has 3 aromatic heterocycles. The highest BCUT2D eigenvalue weighted by molar-refractivity contribution is 6.00. The van der Waals surface area contributed by atoms with Gasteiger partial charge in [0.25, 0.3) is 0 Å². The number of fused-ring (bicyclic) bond motifs is 1. The summed E-state index contributed by atoms with van der Waals surface area (Å²) in [5.41, 5.74) is 2.78. The number of hydrogen-bond acceptors (Lipinski definition) is 8. The zero-order chi connectivity index (χ0) is 25.6. The number of alkyl halides is 3. The highest BCUT2D eigenvalue weighted by Gasteiger charge is 2.31. The summed E-state index contributed by atoms with van der Waals surface area (Å²) in [4.78, 5) is 26.0. The molecule has 1 aliphatic rings. The largest absolute Gasteiger partial charge is 0.574 e. The fourth-order valence-corrected chi connectivity index (χ4v) is 3.16. The second-order valence-corrected chi connectivity index (χ2v) is 7.89. The number of halogens is 3. The molecule has 1 aliphatic heterocycles. The van der Waals surface area contributed by atoms with E-state index in [1.807, 2.05) is 0 Å². The first kappa shape index (κ1) is 25.7. The van der Waals surface area contributed by atoms with Crippen LogP contribution in [-0.2, 0) is 17.9 Å². The molecule has 0 aromatic carbocycles. The molecule has 0 aliphatic carbocycles. The van der Waals surface area contributed by atoms with Crippen LogP contribution in [-0.4, -0.2) is 50.6 Å². The van der Waals surface area contributed by atoms with Crippen LogP contribution >= 0.6 is 0 Å². The summed E-state index contributed by atoms with van der Waals surface area (Å²) in [6.07, 6.45) is 1.24. The first-order valence-corrected chi connectivity index (χ1v) is 10.9. The maximum absolute atomic E-state index is 12.2. The Labute approximate surface area is 200 Å². The summed E-state index contributed by atoms with van der Waals surface area (Å²) in [5, 5.41) is 10.2. The average Bonchev–Trinajstić information content (AvgIpc) is 3.21. The van der Waals surface area contributed by atoms with E-state index in [0.29, 0.717) is 41.8 Å². The standard InChI is InChI=1S/C19H19F3N8O2.C3H8/c1-11-16-17(29(2)10-14(31)27-16)28-18(26-11)24-6-13-7-25-30(9-13)8-12-3-4-15(23-5-12)32-19(20,21)22;1-3-2/h3-5,7,9H,6,8,10H2,1-2H3,(H,27,31)(H,24,26,28);3H2,1-2H3. The van der Waals surface area contributed by atoms with Gasteiger partial charge in [0.2, 0.25) is 17.7 Å². The molecule has 0 fully saturated rings. The zero-order valence-corrected chi connectivity index (χ0v) is 19.8. The first-order chi connectivity index (χ1) is 16.6. The predicted octanol–water partition coefficient (Wildman–Crippen LogP) is 3.74. The molecular formula is C22H27F3N8O2. The van der Waals surface area contributed by atoms with Crippen molar-refractivity contribution in [2.75, 3.05) is 29.1 Å². The lowest BCUT2D eigenvalue weighted by molar-refractivity contribution is -0.276. The normalized spacial score (nSPS) is 12.9. The van der Waals surface area contributed by atoms with Crippen LogP contribution in [0.4, 0.5) is 30.6 Å². The summed E-state index contributed by atoms with van der Waals surface area (Å²) in [6, 6.07) is 2.65. The number of carbonyl (C=O) groups is 1. The lowest BCUT2D eigenvalue weighted by Gasteiger charge is -2.27. The van der Waals surface area contributed by atoms with Crippen LogP contribution in [0.25, 0.3) is 0 Å². The second-order valence-electron chi connectivity index (χ2n) is 7.89. The second kappa shape index (κ2) is 11.0. The number of anilines is 3. The molecule has 188 valence electrons. The van der Waals surface area contributed by atoms with Crippen LogP contribution in [0.3, 0.4) is 0 Å². The van der Waals surface area contributed by atoms with Gasteiger partial charge in [0, 0.05) is 37.6 Å². The molecule has 2 N–H and O–H groups in total. The number of carbonyl (C=O) groups excluding carboxylic acids is 1. The van der Waals surface area contributed by atoms with Crippen LogP contribution in [0.2, 0.25) is 0 Å². The molecule has 0 saturated heterocycles. The van der Waals surface area contributed by atoms with E-state index in [-0.39, 0.29) is 12.5 Å². The highest BCUT2D eigenvalue weighted by Crippen LogP contribution is 2.29.